The second-order valence-electron chi connectivity index (χ2n) is 5.77. The van der Waals surface area contributed by atoms with Crippen molar-refractivity contribution in [3.05, 3.63) is 41.6 Å². The van der Waals surface area contributed by atoms with Crippen LogP contribution in [0.2, 0.25) is 0 Å². The van der Waals surface area contributed by atoms with E-state index in [-0.39, 0.29) is 24.8 Å². The predicted molar refractivity (Wildman–Crippen MR) is 78.4 cm³/mol. The van der Waals surface area contributed by atoms with Crippen LogP contribution in [0.3, 0.4) is 0 Å². The van der Waals surface area contributed by atoms with Gasteiger partial charge in [-0.05, 0) is 0 Å². The first-order valence-corrected chi connectivity index (χ1v) is 12.3. The third-order valence-electron chi connectivity index (χ3n) is 4.50. The Hall–Kier alpha value is 0.280. The molecule has 0 nitrogen and oxygen atoms in total. The maximum Gasteiger partial charge on any atom is -1.00 e. The average Bonchev–Trinajstić information content (AvgIpc) is 2.89. The van der Waals surface area contributed by atoms with E-state index in [2.05, 4.69) is 59.8 Å². The molecule has 0 amide bonds. The zero-order valence-electron chi connectivity index (χ0n) is 13.3. The number of rotatable bonds is 2. The fraction of sp³-hybridized carbons (Fsp3) is 0.471. The minimum Gasteiger partial charge on any atom is -1.00 e. The van der Waals surface area contributed by atoms with Crippen LogP contribution in [0.15, 0.2) is 41.6 Å². The van der Waals surface area contributed by atoms with E-state index >= 15 is 0 Å². The molecule has 0 N–H and O–H groups in total. The molecule has 110 valence electrons. The third-order valence-corrected chi connectivity index (χ3v) is 16.6. The van der Waals surface area contributed by atoms with Crippen LogP contribution in [-0.2, 0) is 21.0 Å². The average molecular weight is 478 g/mol. The first-order chi connectivity index (χ1) is 8.45. The summed E-state index contributed by atoms with van der Waals surface area (Å²) in [6.07, 6.45) is 8.21. The number of halogens is 2. The summed E-state index contributed by atoms with van der Waals surface area (Å²) in [6.45, 7) is 14.2. The summed E-state index contributed by atoms with van der Waals surface area (Å²) < 4.78 is 5.37. The molecule has 2 aliphatic rings. The minimum atomic E-state index is -1.90. The second-order valence-corrected chi connectivity index (χ2v) is 16.3. The third kappa shape index (κ3) is 3.54. The van der Waals surface area contributed by atoms with Crippen molar-refractivity contribution >= 4 is 3.26 Å². The van der Waals surface area contributed by atoms with Crippen molar-refractivity contribution in [2.45, 2.75) is 48.0 Å². The van der Waals surface area contributed by atoms with Gasteiger partial charge in [0.25, 0.3) is 0 Å². The van der Waals surface area contributed by atoms with Gasteiger partial charge >= 0.3 is 120 Å². The molecule has 0 bridgehead atoms. The Balaban J connectivity index is 0.00000180. The van der Waals surface area contributed by atoms with E-state index in [0.29, 0.717) is 5.92 Å². The standard InChI is InChI=1S/C9H13.C5H5.C3H6.2ClH.Hf/c1-6-5-7(2)9(4)8(6)3;1-2-4-5-3-1;1-3-2;;;/h6H,1-4H3;1-3H,4H2;1-2H3;2*1H;/q;;;;;+2/p-2. The quantitative estimate of drug-likeness (QED) is 0.445. The van der Waals surface area contributed by atoms with Gasteiger partial charge in [-0.1, -0.05) is 0 Å². The number of allylic oxidation sites excluding steroid dienone is 8. The van der Waals surface area contributed by atoms with Crippen LogP contribution in [0.1, 0.15) is 48.0 Å². The summed E-state index contributed by atoms with van der Waals surface area (Å²) in [4.78, 5) is 0. The van der Waals surface area contributed by atoms with E-state index in [1.807, 2.05) is 3.33 Å². The van der Waals surface area contributed by atoms with Crippen LogP contribution in [0, 0.1) is 5.92 Å². The predicted octanol–water partition coefficient (Wildman–Crippen LogP) is -1.07. The number of hydrogen-bond donors (Lipinski definition) is 0. The van der Waals surface area contributed by atoms with Gasteiger partial charge in [0, 0.05) is 0 Å². The Labute approximate surface area is 143 Å². The van der Waals surface area contributed by atoms with E-state index < -0.39 is 21.0 Å². The summed E-state index contributed by atoms with van der Waals surface area (Å²) in [6, 6.07) is 0. The largest absolute Gasteiger partial charge is 1.00 e. The van der Waals surface area contributed by atoms with Crippen molar-refractivity contribution < 1.29 is 45.8 Å². The van der Waals surface area contributed by atoms with E-state index in [9.17, 15) is 0 Å². The molecular weight excluding hydrogens is 454 g/mol. The van der Waals surface area contributed by atoms with E-state index in [4.69, 9.17) is 0 Å². The molecule has 2 aliphatic carbocycles. The molecule has 1 unspecified atom stereocenters. The van der Waals surface area contributed by atoms with E-state index in [0.717, 1.165) is 0 Å². The molecule has 0 heterocycles. The van der Waals surface area contributed by atoms with Crippen molar-refractivity contribution in [2.24, 2.45) is 5.92 Å². The van der Waals surface area contributed by atoms with Gasteiger partial charge in [-0.2, -0.15) is 0 Å². The molecule has 0 saturated heterocycles. The van der Waals surface area contributed by atoms with Gasteiger partial charge in [0.1, 0.15) is 0 Å². The molecule has 0 aromatic rings. The molecule has 0 saturated carbocycles. The molecule has 1 atom stereocenters. The van der Waals surface area contributed by atoms with E-state index in [1.165, 1.54) is 6.42 Å². The SMILES string of the molecule is CC1=C(C)C(C)[C]([Hf+2]([C]2=CC=CC2)=[C](C)C)=C1C.[Cl-].[Cl-]. The number of hydrogen-bond acceptors (Lipinski definition) is 0. The van der Waals surface area contributed by atoms with Crippen LogP contribution in [0.25, 0.3) is 0 Å². The van der Waals surface area contributed by atoms with Crippen molar-refractivity contribution in [1.29, 1.82) is 0 Å². The Kier molecular flexibility index (Phi) is 8.17. The molecule has 2 rings (SSSR count). The smallest absolute Gasteiger partial charge is 1.00 e. The van der Waals surface area contributed by atoms with Gasteiger partial charge in [-0.25, -0.2) is 0 Å². The molecule has 0 aromatic heterocycles. The van der Waals surface area contributed by atoms with Crippen molar-refractivity contribution in [2.75, 3.05) is 0 Å². The van der Waals surface area contributed by atoms with Gasteiger partial charge < -0.3 is 24.8 Å². The maximum atomic E-state index is 2.42. The van der Waals surface area contributed by atoms with Crippen LogP contribution in [0.5, 0.6) is 0 Å². The maximum absolute atomic E-state index is 2.42. The molecule has 0 spiro atoms. The van der Waals surface area contributed by atoms with Crippen molar-refractivity contribution in [1.82, 2.24) is 0 Å². The molecule has 0 aromatic carbocycles. The Morgan fingerprint density at radius 2 is 1.70 bits per heavy atom. The van der Waals surface area contributed by atoms with Gasteiger partial charge in [0.15, 0.2) is 0 Å². The summed E-state index contributed by atoms with van der Waals surface area (Å²) in [7, 11) is 0. The minimum absolute atomic E-state index is 0. The molecule has 0 aliphatic heterocycles. The Morgan fingerprint density at radius 1 is 1.10 bits per heavy atom. The van der Waals surface area contributed by atoms with Crippen LogP contribution >= 0.6 is 0 Å². The van der Waals surface area contributed by atoms with Gasteiger partial charge in [-0.3, -0.25) is 0 Å². The second kappa shape index (κ2) is 8.06. The molecule has 0 radical (unpaired) electrons. The fourth-order valence-corrected chi connectivity index (χ4v) is 15.1. The zero-order valence-corrected chi connectivity index (χ0v) is 18.4. The van der Waals surface area contributed by atoms with Crippen LogP contribution in [-0.4, -0.2) is 3.26 Å². The molecule has 0 fully saturated rings. The van der Waals surface area contributed by atoms with Crippen LogP contribution in [0.4, 0.5) is 0 Å². The first kappa shape index (κ1) is 20.3. The summed E-state index contributed by atoms with van der Waals surface area (Å²) in [5.41, 5.74) is 4.79. The van der Waals surface area contributed by atoms with E-state index in [1.54, 1.807) is 23.3 Å². The summed E-state index contributed by atoms with van der Waals surface area (Å²) in [5, 5.41) is 0. The molecular formula is C17H24Cl2Hf. The van der Waals surface area contributed by atoms with Crippen LogP contribution < -0.4 is 24.8 Å². The van der Waals surface area contributed by atoms with Gasteiger partial charge in [0.2, 0.25) is 0 Å². The van der Waals surface area contributed by atoms with Crippen molar-refractivity contribution in [3.63, 3.8) is 0 Å². The fourth-order valence-electron chi connectivity index (χ4n) is 3.16. The topological polar surface area (TPSA) is 0 Å². The summed E-state index contributed by atoms with van der Waals surface area (Å²) in [5.74, 6) is 0.698. The van der Waals surface area contributed by atoms with Gasteiger partial charge in [-0.15, -0.1) is 0 Å². The Bertz CT molecular complexity index is 541. The first-order valence-electron chi connectivity index (χ1n) is 6.87. The molecule has 3 heteroatoms. The molecule has 20 heavy (non-hydrogen) atoms. The monoisotopic (exact) mass is 478 g/mol. The Morgan fingerprint density at radius 3 is 2.05 bits per heavy atom. The van der Waals surface area contributed by atoms with Gasteiger partial charge in [0.05, 0.1) is 0 Å². The summed E-state index contributed by atoms with van der Waals surface area (Å²) >= 11 is -1.90. The zero-order chi connectivity index (χ0) is 13.4. The van der Waals surface area contributed by atoms with Crippen molar-refractivity contribution in [3.8, 4) is 0 Å². The normalized spacial score (nSPS) is 20.2.